The lowest BCUT2D eigenvalue weighted by atomic mass is 9.87. The molecule has 1 unspecified atom stereocenters. The fourth-order valence-electron chi connectivity index (χ4n) is 4.90. The topological polar surface area (TPSA) is 95.2 Å². The Balaban J connectivity index is 1.51. The van der Waals surface area contributed by atoms with E-state index in [-0.39, 0.29) is 24.2 Å². The van der Waals surface area contributed by atoms with Crippen molar-refractivity contribution in [2.75, 3.05) is 7.11 Å². The molecule has 0 aliphatic heterocycles. The van der Waals surface area contributed by atoms with Gasteiger partial charge in [-0.2, -0.15) is 0 Å². The average molecular weight is 513 g/mol. The Bertz CT molecular complexity index is 1150. The van der Waals surface area contributed by atoms with Crippen molar-refractivity contribution in [3.8, 4) is 17.5 Å². The standard InChI is InChI=1S/C28H33ClN2O5/c1-36-25-16-19(7-8-21(25)4-3-15-30-26(32)13-14-27(30)33)18-31(23-5-2-6-23)24(17-28(34)35)20-9-11-22(29)12-10-20/h7-14,16,23-24,32-33H,2-6,15,17-18H2,1H3,(H,34,35). The lowest BCUT2D eigenvalue weighted by molar-refractivity contribution is -0.139. The molecular weight excluding hydrogens is 480 g/mol. The highest BCUT2D eigenvalue weighted by Gasteiger charge is 2.33. The zero-order chi connectivity index (χ0) is 25.7. The molecule has 2 aromatic carbocycles. The highest BCUT2D eigenvalue weighted by molar-refractivity contribution is 6.30. The van der Waals surface area contributed by atoms with Crippen molar-refractivity contribution >= 4 is 17.6 Å². The molecule has 0 bridgehead atoms. The molecule has 4 rings (SSSR count). The van der Waals surface area contributed by atoms with Crippen LogP contribution in [0.25, 0.3) is 0 Å². The number of halogens is 1. The number of nitrogens with zero attached hydrogens (tertiary/aromatic N) is 2. The SMILES string of the molecule is COc1cc(CN(C2CCC2)C(CC(=O)O)c2ccc(Cl)cc2)ccc1CCCn1c(O)ccc1O. The second kappa shape index (κ2) is 11.7. The fourth-order valence-corrected chi connectivity index (χ4v) is 5.02. The third kappa shape index (κ3) is 6.15. The minimum atomic E-state index is -0.827. The molecule has 1 saturated carbocycles. The number of aryl methyl sites for hydroxylation is 1. The number of aromatic hydroxyl groups is 2. The molecule has 192 valence electrons. The van der Waals surface area contributed by atoms with Crippen LogP contribution in [0.1, 0.15) is 54.8 Å². The Morgan fingerprint density at radius 1 is 1.11 bits per heavy atom. The summed E-state index contributed by atoms with van der Waals surface area (Å²) in [6.07, 6.45) is 4.72. The van der Waals surface area contributed by atoms with Crippen molar-refractivity contribution in [2.24, 2.45) is 0 Å². The van der Waals surface area contributed by atoms with E-state index in [0.717, 1.165) is 54.5 Å². The molecule has 1 atom stereocenters. The number of aromatic nitrogens is 1. The monoisotopic (exact) mass is 512 g/mol. The van der Waals surface area contributed by atoms with Gasteiger partial charge in [0.15, 0.2) is 11.8 Å². The number of carboxylic acids is 1. The summed E-state index contributed by atoms with van der Waals surface area (Å²) in [6, 6.07) is 16.7. The maximum absolute atomic E-state index is 11.8. The molecule has 3 N–H and O–H groups in total. The number of ether oxygens (including phenoxy) is 1. The van der Waals surface area contributed by atoms with Crippen LogP contribution in [0.4, 0.5) is 0 Å². The van der Waals surface area contributed by atoms with E-state index >= 15 is 0 Å². The largest absolute Gasteiger partial charge is 0.496 e. The molecule has 0 spiro atoms. The van der Waals surface area contributed by atoms with Crippen LogP contribution < -0.4 is 4.74 Å². The average Bonchev–Trinajstić information content (AvgIpc) is 3.14. The summed E-state index contributed by atoms with van der Waals surface area (Å²) in [5, 5.41) is 30.0. The van der Waals surface area contributed by atoms with E-state index in [9.17, 15) is 20.1 Å². The number of hydrogen-bond donors (Lipinski definition) is 3. The summed E-state index contributed by atoms with van der Waals surface area (Å²) < 4.78 is 7.16. The van der Waals surface area contributed by atoms with Gasteiger partial charge < -0.3 is 20.1 Å². The quantitative estimate of drug-likeness (QED) is 0.285. The molecule has 36 heavy (non-hydrogen) atoms. The van der Waals surface area contributed by atoms with E-state index < -0.39 is 5.97 Å². The summed E-state index contributed by atoms with van der Waals surface area (Å²) in [7, 11) is 1.65. The maximum atomic E-state index is 11.8. The van der Waals surface area contributed by atoms with Crippen LogP contribution in [0, 0.1) is 0 Å². The molecule has 3 aromatic rings. The van der Waals surface area contributed by atoms with Gasteiger partial charge in [-0.15, -0.1) is 0 Å². The van der Waals surface area contributed by atoms with Crippen LogP contribution in [0.15, 0.2) is 54.6 Å². The van der Waals surface area contributed by atoms with Crippen LogP contribution in [0.2, 0.25) is 5.02 Å². The molecule has 0 saturated heterocycles. The van der Waals surface area contributed by atoms with Crippen LogP contribution in [0.3, 0.4) is 0 Å². The van der Waals surface area contributed by atoms with Crippen molar-refractivity contribution in [1.82, 2.24) is 9.47 Å². The van der Waals surface area contributed by atoms with Gasteiger partial charge in [0.25, 0.3) is 0 Å². The Labute approximate surface area is 216 Å². The first-order valence-electron chi connectivity index (χ1n) is 12.3. The molecule has 0 amide bonds. The number of methoxy groups -OCH3 is 1. The summed E-state index contributed by atoms with van der Waals surface area (Å²) >= 11 is 6.09. The number of hydrogen-bond acceptors (Lipinski definition) is 5. The predicted molar refractivity (Wildman–Crippen MR) is 139 cm³/mol. The van der Waals surface area contributed by atoms with E-state index in [4.69, 9.17) is 16.3 Å². The van der Waals surface area contributed by atoms with E-state index in [1.165, 1.54) is 16.7 Å². The van der Waals surface area contributed by atoms with Crippen molar-refractivity contribution in [3.05, 3.63) is 76.3 Å². The highest BCUT2D eigenvalue weighted by atomic mass is 35.5. The van der Waals surface area contributed by atoms with Gasteiger partial charge in [0.05, 0.1) is 13.5 Å². The number of rotatable bonds is 12. The van der Waals surface area contributed by atoms with Gasteiger partial charge in [0, 0.05) is 42.3 Å². The van der Waals surface area contributed by atoms with Crippen LogP contribution in [-0.4, -0.2) is 43.9 Å². The minimum Gasteiger partial charge on any atom is -0.496 e. The van der Waals surface area contributed by atoms with Gasteiger partial charge in [-0.3, -0.25) is 14.3 Å². The molecule has 7 nitrogen and oxygen atoms in total. The first-order valence-corrected chi connectivity index (χ1v) is 12.7. The van der Waals surface area contributed by atoms with Gasteiger partial charge in [0.2, 0.25) is 0 Å². The molecule has 1 heterocycles. The van der Waals surface area contributed by atoms with E-state index in [1.807, 2.05) is 30.3 Å². The van der Waals surface area contributed by atoms with Crippen molar-refractivity contribution in [3.63, 3.8) is 0 Å². The molecule has 1 aliphatic rings. The summed E-state index contributed by atoms with van der Waals surface area (Å²) in [5.74, 6) is 0.0419. The van der Waals surface area contributed by atoms with E-state index in [2.05, 4.69) is 17.0 Å². The molecule has 8 heteroatoms. The zero-order valence-corrected chi connectivity index (χ0v) is 21.2. The lowest BCUT2D eigenvalue weighted by Gasteiger charge is -2.42. The summed E-state index contributed by atoms with van der Waals surface area (Å²) in [4.78, 5) is 14.1. The van der Waals surface area contributed by atoms with Gasteiger partial charge in [-0.25, -0.2) is 0 Å². The lowest BCUT2D eigenvalue weighted by Crippen LogP contribution is -2.42. The van der Waals surface area contributed by atoms with Crippen LogP contribution in [0.5, 0.6) is 17.5 Å². The second-order valence-electron chi connectivity index (χ2n) is 9.37. The van der Waals surface area contributed by atoms with E-state index in [0.29, 0.717) is 24.2 Å². The fraction of sp³-hybridized carbons (Fsp3) is 0.393. The van der Waals surface area contributed by atoms with Crippen LogP contribution >= 0.6 is 11.6 Å². The number of carboxylic acid groups (broad SMARTS) is 1. The summed E-state index contributed by atoms with van der Waals surface area (Å²) in [6.45, 7) is 1.11. The molecule has 0 radical (unpaired) electrons. The second-order valence-corrected chi connectivity index (χ2v) is 9.81. The highest BCUT2D eigenvalue weighted by Crippen LogP contribution is 2.37. The summed E-state index contributed by atoms with van der Waals surface area (Å²) in [5.41, 5.74) is 3.06. The zero-order valence-electron chi connectivity index (χ0n) is 20.4. The smallest absolute Gasteiger partial charge is 0.305 e. The first-order chi connectivity index (χ1) is 17.4. The molecule has 1 fully saturated rings. The predicted octanol–water partition coefficient (Wildman–Crippen LogP) is 5.76. The Hall–Kier alpha value is -3.16. The third-order valence-corrected chi connectivity index (χ3v) is 7.30. The number of carbonyl (C=O) groups is 1. The first kappa shape index (κ1) is 25.9. The molecule has 1 aromatic heterocycles. The van der Waals surface area contributed by atoms with Gasteiger partial charge in [-0.05, 0) is 60.6 Å². The minimum absolute atomic E-state index is 0.0203. The van der Waals surface area contributed by atoms with Gasteiger partial charge in [0.1, 0.15) is 5.75 Å². The third-order valence-electron chi connectivity index (χ3n) is 7.05. The maximum Gasteiger partial charge on any atom is 0.305 e. The van der Waals surface area contributed by atoms with Crippen LogP contribution in [-0.2, 0) is 24.3 Å². The normalized spacial score (nSPS) is 14.5. The van der Waals surface area contributed by atoms with Crippen molar-refractivity contribution in [2.45, 2.75) is 63.7 Å². The molecular formula is C28H33ClN2O5. The Kier molecular flexibility index (Phi) is 8.44. The van der Waals surface area contributed by atoms with Crippen molar-refractivity contribution in [1.29, 1.82) is 0 Å². The van der Waals surface area contributed by atoms with Gasteiger partial charge >= 0.3 is 5.97 Å². The van der Waals surface area contributed by atoms with Gasteiger partial charge in [-0.1, -0.05) is 42.3 Å². The number of benzene rings is 2. The Morgan fingerprint density at radius 2 is 1.81 bits per heavy atom. The van der Waals surface area contributed by atoms with E-state index in [1.54, 1.807) is 7.11 Å². The number of aliphatic carboxylic acids is 1. The molecule has 1 aliphatic carbocycles. The Morgan fingerprint density at radius 3 is 2.39 bits per heavy atom. The van der Waals surface area contributed by atoms with Crippen molar-refractivity contribution < 1.29 is 24.9 Å².